The average Bonchev–Trinajstić information content (AvgIpc) is 3.15. The van der Waals surface area contributed by atoms with Crippen LogP contribution in [0.15, 0.2) is 23.1 Å². The Bertz CT molecular complexity index is 609. The van der Waals surface area contributed by atoms with Gasteiger partial charge in [-0.05, 0) is 31.0 Å². The fraction of sp³-hybridized carbons (Fsp3) is 0.417. The molecule has 5 nitrogen and oxygen atoms in total. The molecule has 7 heteroatoms. The molecule has 1 amide bonds. The molecule has 1 fully saturated rings. The van der Waals surface area contributed by atoms with Crippen molar-refractivity contribution in [3.05, 3.63) is 24.0 Å². The molecule has 1 aromatic carbocycles. The monoisotopic (exact) mass is 286 g/mol. The van der Waals surface area contributed by atoms with E-state index in [9.17, 15) is 17.6 Å². The zero-order valence-corrected chi connectivity index (χ0v) is 11.5. The number of sulfonamides is 1. The van der Waals surface area contributed by atoms with Crippen molar-refractivity contribution in [3.63, 3.8) is 0 Å². The fourth-order valence-corrected chi connectivity index (χ4v) is 2.55. The molecular weight excluding hydrogens is 271 g/mol. The van der Waals surface area contributed by atoms with E-state index in [1.54, 1.807) is 0 Å². The zero-order chi connectivity index (χ0) is 14.2. The highest BCUT2D eigenvalue weighted by molar-refractivity contribution is 7.89. The van der Waals surface area contributed by atoms with Crippen LogP contribution in [0.2, 0.25) is 0 Å². The molecule has 0 aromatic heterocycles. The second kappa shape index (κ2) is 4.90. The lowest BCUT2D eigenvalue weighted by Crippen LogP contribution is -2.23. The summed E-state index contributed by atoms with van der Waals surface area (Å²) in [7, 11) is -1.22. The van der Waals surface area contributed by atoms with Crippen molar-refractivity contribution < 1.29 is 17.6 Å². The maximum absolute atomic E-state index is 13.6. The summed E-state index contributed by atoms with van der Waals surface area (Å²) in [4.78, 5) is 11.2. The Morgan fingerprint density at radius 2 is 2.00 bits per heavy atom. The van der Waals surface area contributed by atoms with Crippen molar-refractivity contribution in [1.82, 2.24) is 4.31 Å². The molecular formula is C12H15FN2O3S. The summed E-state index contributed by atoms with van der Waals surface area (Å²) in [6, 6.07) is 3.54. The smallest absolute Gasteiger partial charge is 0.245 e. The first kappa shape index (κ1) is 14.0. The third kappa shape index (κ3) is 2.93. The lowest BCUT2D eigenvalue weighted by molar-refractivity contribution is -0.117. The maximum atomic E-state index is 13.6. The van der Waals surface area contributed by atoms with Gasteiger partial charge in [0.05, 0.1) is 0 Å². The molecule has 0 bridgehead atoms. The van der Waals surface area contributed by atoms with Gasteiger partial charge in [0.2, 0.25) is 15.9 Å². The van der Waals surface area contributed by atoms with Crippen LogP contribution in [0.25, 0.3) is 0 Å². The SMILES string of the molecule is CN(C)S(=O)(=O)c1cc(NC(=O)C2CC2)ccc1F. The number of benzene rings is 1. The van der Waals surface area contributed by atoms with E-state index in [4.69, 9.17) is 0 Å². The van der Waals surface area contributed by atoms with E-state index < -0.39 is 20.7 Å². The minimum atomic E-state index is -3.86. The van der Waals surface area contributed by atoms with Crippen molar-refractivity contribution in [2.75, 3.05) is 19.4 Å². The van der Waals surface area contributed by atoms with E-state index in [-0.39, 0.29) is 11.8 Å². The van der Waals surface area contributed by atoms with Crippen molar-refractivity contribution in [2.45, 2.75) is 17.7 Å². The molecule has 0 radical (unpaired) electrons. The number of nitrogens with zero attached hydrogens (tertiary/aromatic N) is 1. The number of anilines is 1. The van der Waals surface area contributed by atoms with Crippen LogP contribution in [-0.4, -0.2) is 32.7 Å². The molecule has 19 heavy (non-hydrogen) atoms. The van der Waals surface area contributed by atoms with Crippen LogP contribution >= 0.6 is 0 Å². The molecule has 0 unspecified atom stereocenters. The first-order chi connectivity index (χ1) is 8.82. The van der Waals surface area contributed by atoms with Crippen molar-refractivity contribution in [3.8, 4) is 0 Å². The predicted octanol–water partition coefficient (Wildman–Crippen LogP) is 1.42. The van der Waals surface area contributed by atoms with Gasteiger partial charge in [0.15, 0.2) is 0 Å². The largest absolute Gasteiger partial charge is 0.326 e. The summed E-state index contributed by atoms with van der Waals surface area (Å²) in [6.07, 6.45) is 1.69. The van der Waals surface area contributed by atoms with Gasteiger partial charge in [-0.15, -0.1) is 0 Å². The average molecular weight is 286 g/mol. The zero-order valence-electron chi connectivity index (χ0n) is 10.7. The Balaban J connectivity index is 2.31. The maximum Gasteiger partial charge on any atom is 0.245 e. The summed E-state index contributed by atoms with van der Waals surface area (Å²) in [5, 5.41) is 2.59. The van der Waals surface area contributed by atoms with Crippen LogP contribution in [-0.2, 0) is 14.8 Å². The molecule has 0 spiro atoms. The molecule has 0 aliphatic heterocycles. The molecule has 1 N–H and O–H groups in total. The lowest BCUT2D eigenvalue weighted by atomic mass is 10.3. The van der Waals surface area contributed by atoms with Gasteiger partial charge in [-0.3, -0.25) is 4.79 Å². The van der Waals surface area contributed by atoms with Gasteiger partial charge in [-0.2, -0.15) is 0 Å². The van der Waals surface area contributed by atoms with Crippen molar-refractivity contribution >= 4 is 21.6 Å². The van der Waals surface area contributed by atoms with Crippen LogP contribution in [0.5, 0.6) is 0 Å². The van der Waals surface area contributed by atoms with Crippen molar-refractivity contribution in [1.29, 1.82) is 0 Å². The van der Waals surface area contributed by atoms with E-state index in [1.165, 1.54) is 20.2 Å². The van der Waals surface area contributed by atoms with Gasteiger partial charge in [-0.25, -0.2) is 17.1 Å². The number of rotatable bonds is 4. The second-order valence-electron chi connectivity index (χ2n) is 4.70. The number of carbonyl (C=O) groups is 1. The van der Waals surface area contributed by atoms with Crippen LogP contribution in [0.1, 0.15) is 12.8 Å². The topological polar surface area (TPSA) is 66.5 Å². The molecule has 2 rings (SSSR count). The summed E-state index contributed by atoms with van der Waals surface area (Å²) in [6.45, 7) is 0. The number of amides is 1. The second-order valence-corrected chi connectivity index (χ2v) is 6.82. The summed E-state index contributed by atoms with van der Waals surface area (Å²) >= 11 is 0. The molecule has 1 aromatic rings. The Kier molecular flexibility index (Phi) is 3.60. The van der Waals surface area contributed by atoms with Crippen LogP contribution in [0.3, 0.4) is 0 Å². The summed E-state index contributed by atoms with van der Waals surface area (Å²) in [5.74, 6) is -0.989. The molecule has 104 valence electrons. The van der Waals surface area contributed by atoms with E-state index in [0.717, 1.165) is 29.3 Å². The van der Waals surface area contributed by atoms with Gasteiger partial charge >= 0.3 is 0 Å². The molecule has 1 saturated carbocycles. The molecule has 0 saturated heterocycles. The van der Waals surface area contributed by atoms with Crippen LogP contribution < -0.4 is 5.32 Å². The van der Waals surface area contributed by atoms with Crippen LogP contribution in [0, 0.1) is 11.7 Å². The molecule has 1 aliphatic carbocycles. The van der Waals surface area contributed by atoms with E-state index >= 15 is 0 Å². The number of nitrogens with one attached hydrogen (secondary N) is 1. The third-order valence-corrected chi connectivity index (χ3v) is 4.74. The first-order valence-electron chi connectivity index (χ1n) is 5.85. The van der Waals surface area contributed by atoms with E-state index in [0.29, 0.717) is 5.69 Å². The van der Waals surface area contributed by atoms with Gasteiger partial charge in [0.1, 0.15) is 10.7 Å². The lowest BCUT2D eigenvalue weighted by Gasteiger charge is -2.13. The first-order valence-corrected chi connectivity index (χ1v) is 7.29. The Morgan fingerprint density at radius 1 is 1.37 bits per heavy atom. The van der Waals surface area contributed by atoms with Gasteiger partial charge in [0.25, 0.3) is 0 Å². The fourth-order valence-electron chi connectivity index (χ4n) is 1.57. The predicted molar refractivity (Wildman–Crippen MR) is 68.6 cm³/mol. The standard InChI is InChI=1S/C12H15FN2O3S/c1-15(2)19(17,18)11-7-9(5-6-10(11)13)14-12(16)8-3-4-8/h5-8H,3-4H2,1-2H3,(H,14,16). The number of carbonyl (C=O) groups excluding carboxylic acids is 1. The number of hydrogen-bond donors (Lipinski definition) is 1. The van der Waals surface area contributed by atoms with Crippen LogP contribution in [0.4, 0.5) is 10.1 Å². The number of halogens is 1. The van der Waals surface area contributed by atoms with E-state index in [2.05, 4.69) is 5.32 Å². The minimum Gasteiger partial charge on any atom is -0.326 e. The summed E-state index contributed by atoms with van der Waals surface area (Å²) < 4.78 is 38.4. The number of hydrogen-bond acceptors (Lipinski definition) is 3. The Morgan fingerprint density at radius 3 is 2.53 bits per heavy atom. The Labute approximate surface area is 111 Å². The minimum absolute atomic E-state index is 0.000964. The van der Waals surface area contributed by atoms with Gasteiger partial charge < -0.3 is 5.32 Å². The highest BCUT2D eigenvalue weighted by Crippen LogP contribution is 2.30. The highest BCUT2D eigenvalue weighted by atomic mass is 32.2. The summed E-state index contributed by atoms with van der Waals surface area (Å²) in [5.41, 5.74) is 0.290. The molecule has 1 aliphatic rings. The van der Waals surface area contributed by atoms with Gasteiger partial charge in [-0.1, -0.05) is 0 Å². The molecule has 0 atom stereocenters. The quantitative estimate of drug-likeness (QED) is 0.910. The third-order valence-electron chi connectivity index (χ3n) is 2.91. The normalized spacial score (nSPS) is 15.6. The van der Waals surface area contributed by atoms with Crippen molar-refractivity contribution in [2.24, 2.45) is 5.92 Å². The van der Waals surface area contributed by atoms with E-state index in [1.807, 2.05) is 0 Å². The Hall–Kier alpha value is -1.47. The highest BCUT2D eigenvalue weighted by Gasteiger charge is 2.30. The molecule has 0 heterocycles. The van der Waals surface area contributed by atoms with Gasteiger partial charge in [0, 0.05) is 25.7 Å².